The molecule has 1 aromatic carbocycles. The zero-order valence-electron chi connectivity index (χ0n) is 22.6. The van der Waals surface area contributed by atoms with E-state index >= 15 is 0 Å². The Kier molecular flexibility index (Phi) is 11.7. The summed E-state index contributed by atoms with van der Waals surface area (Å²) in [5, 5.41) is 12.5. The molecule has 0 saturated heterocycles. The summed E-state index contributed by atoms with van der Waals surface area (Å²) in [6.07, 6.45) is -3.23. The van der Waals surface area contributed by atoms with Crippen LogP contribution in [0.4, 0.5) is 22.0 Å². The van der Waals surface area contributed by atoms with E-state index < -0.39 is 72.0 Å². The third-order valence-corrected chi connectivity index (χ3v) is 7.51. The van der Waals surface area contributed by atoms with Crippen molar-refractivity contribution < 1.29 is 36.3 Å². The van der Waals surface area contributed by atoms with Gasteiger partial charge in [-0.25, -0.2) is 8.78 Å². The molecule has 1 aromatic heterocycles. The number of alkyl halides is 3. The molecule has 1 heterocycles. The number of ether oxygens (including phenoxy) is 1. The number of carbonyl (C=O) groups is 2. The Morgan fingerprint density at radius 3 is 2.21 bits per heavy atom. The molecule has 1 fully saturated rings. The van der Waals surface area contributed by atoms with E-state index in [-0.39, 0.29) is 53.1 Å². The molecule has 43 heavy (non-hydrogen) atoms. The van der Waals surface area contributed by atoms with E-state index in [4.69, 9.17) is 33.3 Å². The van der Waals surface area contributed by atoms with Gasteiger partial charge in [0.15, 0.2) is 0 Å². The number of amides is 2. The van der Waals surface area contributed by atoms with Crippen LogP contribution >= 0.6 is 23.2 Å². The number of nitroso groups, excluding NO2 is 1. The van der Waals surface area contributed by atoms with Gasteiger partial charge in [-0.15, -0.1) is 4.91 Å². The van der Waals surface area contributed by atoms with Crippen molar-refractivity contribution in [1.82, 2.24) is 15.2 Å². The maximum atomic E-state index is 14.4. The van der Waals surface area contributed by atoms with Gasteiger partial charge in [0.05, 0.1) is 22.2 Å². The molecule has 2 N–H and O–H groups in total. The second-order valence-corrected chi connectivity index (χ2v) is 10.6. The Balaban J connectivity index is 2.03. The van der Waals surface area contributed by atoms with Crippen LogP contribution in [0.5, 0.6) is 0 Å². The minimum atomic E-state index is -5.13. The molecule has 1 saturated carbocycles. The van der Waals surface area contributed by atoms with Gasteiger partial charge in [-0.1, -0.05) is 23.2 Å². The van der Waals surface area contributed by atoms with Crippen molar-refractivity contribution in [2.75, 3.05) is 13.7 Å². The molecule has 2 aromatic rings. The fourth-order valence-corrected chi connectivity index (χ4v) is 5.45. The summed E-state index contributed by atoms with van der Waals surface area (Å²) in [4.78, 5) is 40.6. The van der Waals surface area contributed by atoms with Gasteiger partial charge >= 0.3 is 6.18 Å². The highest BCUT2D eigenvalue weighted by molar-refractivity contribution is 6.35. The highest BCUT2D eigenvalue weighted by Gasteiger charge is 2.41. The van der Waals surface area contributed by atoms with Crippen molar-refractivity contribution in [2.45, 2.75) is 50.6 Å². The quantitative estimate of drug-likeness (QED) is 0.128. The van der Waals surface area contributed by atoms with Crippen molar-refractivity contribution in [1.29, 1.82) is 5.41 Å². The van der Waals surface area contributed by atoms with Crippen LogP contribution in [0.25, 0.3) is 0 Å². The number of rotatable bonds is 11. The van der Waals surface area contributed by atoms with Gasteiger partial charge in [-0.2, -0.15) is 13.2 Å². The molecule has 1 aliphatic rings. The largest absolute Gasteiger partial charge is 0.431 e. The highest BCUT2D eigenvalue weighted by Crippen LogP contribution is 2.34. The Bertz CT molecular complexity index is 1360. The molecule has 1 atom stereocenters. The number of pyridine rings is 1. The zero-order valence-corrected chi connectivity index (χ0v) is 24.1. The smallest absolute Gasteiger partial charge is 0.378 e. The molecule has 0 spiro atoms. The molecule has 0 bridgehead atoms. The summed E-state index contributed by atoms with van der Waals surface area (Å²) in [6, 6.07) is 1.55. The normalized spacial score (nSPS) is 18.3. The summed E-state index contributed by atoms with van der Waals surface area (Å²) >= 11 is 12.5. The first-order valence-electron chi connectivity index (χ1n) is 12.8. The number of methoxy groups -OCH3 is 1. The average molecular weight is 650 g/mol. The van der Waals surface area contributed by atoms with Crippen LogP contribution in [0.3, 0.4) is 0 Å². The SMILES string of the molecule is COC(CN(Cc1cc(F)cc(F)c1)C(=O)/C(C=N)=C(/N[C@H]1CC[C@H](C(=O)N=O)CC1)C(F)(F)F)c1c(Cl)cncc1Cl. The van der Waals surface area contributed by atoms with E-state index in [0.29, 0.717) is 6.07 Å². The topological polar surface area (TPSA) is 125 Å². The molecule has 9 nitrogen and oxygen atoms in total. The molecule has 0 radical (unpaired) electrons. The van der Waals surface area contributed by atoms with E-state index in [1.54, 1.807) is 0 Å². The van der Waals surface area contributed by atoms with Crippen LogP contribution in [0, 0.1) is 27.9 Å². The number of halogens is 7. The second-order valence-electron chi connectivity index (χ2n) is 9.76. The summed E-state index contributed by atoms with van der Waals surface area (Å²) in [6.45, 7) is -1.08. The van der Waals surface area contributed by atoms with Gasteiger partial charge in [0.2, 0.25) is 0 Å². The first kappa shape index (κ1) is 34.0. The standard InChI is InChI=1S/C27H26Cl2F5N5O4/c1-43-22(23-20(28)10-36-11-21(23)29)13-39(12-14-6-16(30)8-17(31)7-14)26(41)19(9-35)24(27(32,33)34)37-18-4-2-15(3-5-18)25(40)38-42/h6-11,15,18,22,35,37H,2-5,12-13H2,1H3/b24-19+,35-9?/t15-,18-,22?. The molecule has 3 rings (SSSR count). The lowest BCUT2D eigenvalue weighted by Crippen LogP contribution is -2.43. The lowest BCUT2D eigenvalue weighted by atomic mass is 9.85. The van der Waals surface area contributed by atoms with Crippen molar-refractivity contribution in [3.05, 3.63) is 79.6 Å². The van der Waals surface area contributed by atoms with Crippen molar-refractivity contribution in [3.63, 3.8) is 0 Å². The molecule has 0 aliphatic heterocycles. The highest BCUT2D eigenvalue weighted by atomic mass is 35.5. The molecule has 1 unspecified atom stereocenters. The minimum Gasteiger partial charge on any atom is -0.378 e. The van der Waals surface area contributed by atoms with E-state index in [2.05, 4.69) is 15.5 Å². The monoisotopic (exact) mass is 649 g/mol. The van der Waals surface area contributed by atoms with Gasteiger partial charge in [0.25, 0.3) is 11.8 Å². The number of nitrogens with one attached hydrogen (secondary N) is 2. The predicted molar refractivity (Wildman–Crippen MR) is 147 cm³/mol. The van der Waals surface area contributed by atoms with Crippen LogP contribution in [0.2, 0.25) is 10.0 Å². The van der Waals surface area contributed by atoms with E-state index in [1.807, 2.05) is 0 Å². The van der Waals surface area contributed by atoms with Gasteiger partial charge in [0, 0.05) is 61.0 Å². The maximum Gasteiger partial charge on any atom is 0.431 e. The summed E-state index contributed by atoms with van der Waals surface area (Å²) in [5.41, 5.74) is -2.53. The number of allylic oxidation sites excluding steroid dienone is 1. The Morgan fingerprint density at radius 1 is 1.14 bits per heavy atom. The van der Waals surface area contributed by atoms with Crippen LogP contribution in [0.15, 0.2) is 47.0 Å². The molecule has 2 amide bonds. The minimum absolute atomic E-state index is 0.0304. The van der Waals surface area contributed by atoms with Crippen molar-refractivity contribution >= 4 is 41.2 Å². The zero-order chi connectivity index (χ0) is 31.9. The second kappa shape index (κ2) is 14.8. The van der Waals surface area contributed by atoms with Gasteiger partial charge in [-0.05, 0) is 43.4 Å². The Hall–Kier alpha value is -3.49. The van der Waals surface area contributed by atoms with Crippen LogP contribution in [0.1, 0.15) is 42.9 Å². The number of hydrogen-bond acceptors (Lipinski definition) is 7. The van der Waals surface area contributed by atoms with Crippen LogP contribution in [-0.4, -0.2) is 53.8 Å². The molecule has 1 aliphatic carbocycles. The summed E-state index contributed by atoms with van der Waals surface area (Å²) in [7, 11) is 1.24. The average Bonchev–Trinajstić information content (AvgIpc) is 2.94. The van der Waals surface area contributed by atoms with Gasteiger partial charge in [-0.3, -0.25) is 14.6 Å². The van der Waals surface area contributed by atoms with Gasteiger partial charge < -0.3 is 20.4 Å². The number of benzene rings is 1. The number of carbonyl (C=O) groups excluding carboxylic acids is 2. The summed E-state index contributed by atoms with van der Waals surface area (Å²) in [5.74, 6) is -4.86. The molecule has 232 valence electrons. The lowest BCUT2D eigenvalue weighted by Gasteiger charge is -2.32. The van der Waals surface area contributed by atoms with Crippen molar-refractivity contribution in [2.24, 2.45) is 11.1 Å². The summed E-state index contributed by atoms with van der Waals surface area (Å²) < 4.78 is 76.5. The predicted octanol–water partition coefficient (Wildman–Crippen LogP) is 6.29. The molecular weight excluding hydrogens is 624 g/mol. The van der Waals surface area contributed by atoms with E-state index in [9.17, 15) is 36.4 Å². The van der Waals surface area contributed by atoms with Crippen LogP contribution < -0.4 is 5.32 Å². The van der Waals surface area contributed by atoms with E-state index in [1.165, 1.54) is 19.5 Å². The fourth-order valence-electron chi connectivity index (χ4n) is 4.84. The molecular formula is C27H26Cl2F5N5O4. The first-order chi connectivity index (χ1) is 20.3. The van der Waals surface area contributed by atoms with Gasteiger partial charge in [0.1, 0.15) is 23.4 Å². The number of hydrogen-bond donors (Lipinski definition) is 2. The Morgan fingerprint density at radius 2 is 1.72 bits per heavy atom. The lowest BCUT2D eigenvalue weighted by molar-refractivity contribution is -0.130. The third-order valence-electron chi connectivity index (χ3n) is 6.91. The maximum absolute atomic E-state index is 14.4. The van der Waals surface area contributed by atoms with E-state index in [0.717, 1.165) is 17.0 Å². The number of aromatic nitrogens is 1. The fraction of sp³-hybridized carbons (Fsp3) is 0.407. The van der Waals surface area contributed by atoms with Crippen LogP contribution in [-0.2, 0) is 20.9 Å². The third kappa shape index (κ3) is 8.77. The van der Waals surface area contributed by atoms with Crippen molar-refractivity contribution in [3.8, 4) is 0 Å². The number of nitrogens with zero attached hydrogens (tertiary/aromatic N) is 3. The molecule has 16 heteroatoms. The Labute approximate surface area is 252 Å². The first-order valence-corrected chi connectivity index (χ1v) is 13.6.